The van der Waals surface area contributed by atoms with E-state index in [9.17, 15) is 0 Å². The van der Waals surface area contributed by atoms with Crippen LogP contribution in [-0.4, -0.2) is 7.05 Å². The topological polar surface area (TPSA) is 25.2 Å². The minimum absolute atomic E-state index is 0.267. The fourth-order valence-electron chi connectivity index (χ4n) is 2.73. The van der Waals surface area contributed by atoms with Crippen LogP contribution in [0.15, 0.2) is 28.2 Å². The summed E-state index contributed by atoms with van der Waals surface area (Å²) in [6.45, 7) is 2.13. The highest BCUT2D eigenvalue weighted by Gasteiger charge is 2.18. The van der Waals surface area contributed by atoms with E-state index in [4.69, 9.17) is 4.42 Å². The molecule has 2 nitrogen and oxygen atoms in total. The second-order valence-corrected chi connectivity index (χ2v) is 5.11. The van der Waals surface area contributed by atoms with Gasteiger partial charge < -0.3 is 9.73 Å². The van der Waals surface area contributed by atoms with Gasteiger partial charge in [0.15, 0.2) is 0 Å². The van der Waals surface area contributed by atoms with Crippen LogP contribution in [0.2, 0.25) is 0 Å². The molecule has 0 amide bonds. The molecule has 1 unspecified atom stereocenters. The molecule has 0 aliphatic heterocycles. The molecule has 0 radical (unpaired) electrons. The lowest BCUT2D eigenvalue weighted by molar-refractivity contribution is 0.423. The van der Waals surface area contributed by atoms with Crippen molar-refractivity contribution in [3.8, 4) is 0 Å². The maximum absolute atomic E-state index is 5.91. The molecule has 2 heteroatoms. The first-order valence-electron chi connectivity index (χ1n) is 7.30. The number of furan rings is 1. The average molecular weight is 247 g/mol. The number of rotatable bonds is 4. The Balaban J connectivity index is 2.15. The van der Waals surface area contributed by atoms with Crippen molar-refractivity contribution in [2.45, 2.75) is 57.9 Å². The highest BCUT2D eigenvalue weighted by Crippen LogP contribution is 2.29. The lowest BCUT2D eigenvalue weighted by atomic mass is 9.94. The summed E-state index contributed by atoms with van der Waals surface area (Å²) in [7, 11) is 2.03. The van der Waals surface area contributed by atoms with Crippen molar-refractivity contribution in [2.75, 3.05) is 7.05 Å². The Labute approximate surface area is 110 Å². The van der Waals surface area contributed by atoms with Crippen molar-refractivity contribution in [1.29, 1.82) is 0 Å². The van der Waals surface area contributed by atoms with Gasteiger partial charge in [-0.25, -0.2) is 0 Å². The van der Waals surface area contributed by atoms with Crippen LogP contribution in [-0.2, 0) is 6.42 Å². The summed E-state index contributed by atoms with van der Waals surface area (Å²) in [5.41, 5.74) is 1.51. The molecule has 0 bridgehead atoms. The molecule has 1 atom stereocenters. The summed E-state index contributed by atoms with van der Waals surface area (Å²) in [5, 5.41) is 3.41. The highest BCUT2D eigenvalue weighted by molar-refractivity contribution is 5.22. The van der Waals surface area contributed by atoms with E-state index in [1.54, 1.807) is 0 Å². The summed E-state index contributed by atoms with van der Waals surface area (Å²) >= 11 is 0. The summed E-state index contributed by atoms with van der Waals surface area (Å²) in [4.78, 5) is 0. The zero-order valence-corrected chi connectivity index (χ0v) is 11.7. The van der Waals surface area contributed by atoms with E-state index in [0.717, 1.165) is 17.9 Å². The molecule has 1 heterocycles. The Hall–Kier alpha value is -1.02. The van der Waals surface area contributed by atoms with Crippen molar-refractivity contribution >= 4 is 0 Å². The first-order chi connectivity index (χ1) is 8.85. The molecule has 100 valence electrons. The third-order valence-corrected chi connectivity index (χ3v) is 3.80. The van der Waals surface area contributed by atoms with Gasteiger partial charge in [-0.05, 0) is 50.4 Å². The number of allylic oxidation sites excluding steroid dienone is 1. The molecular weight excluding hydrogens is 222 g/mol. The summed E-state index contributed by atoms with van der Waals surface area (Å²) in [6, 6.07) is 4.49. The van der Waals surface area contributed by atoms with Crippen molar-refractivity contribution in [3.05, 3.63) is 35.3 Å². The third-order valence-electron chi connectivity index (χ3n) is 3.80. The third kappa shape index (κ3) is 3.26. The van der Waals surface area contributed by atoms with Crippen molar-refractivity contribution < 1.29 is 4.42 Å². The zero-order valence-electron chi connectivity index (χ0n) is 11.7. The van der Waals surface area contributed by atoms with E-state index in [-0.39, 0.29) is 6.04 Å². The van der Waals surface area contributed by atoms with E-state index in [0.29, 0.717) is 0 Å². The van der Waals surface area contributed by atoms with Gasteiger partial charge in [-0.3, -0.25) is 0 Å². The largest absolute Gasteiger partial charge is 0.464 e. The Morgan fingerprint density at radius 2 is 2.06 bits per heavy atom. The van der Waals surface area contributed by atoms with Crippen LogP contribution in [0.5, 0.6) is 0 Å². The smallest absolute Gasteiger partial charge is 0.125 e. The van der Waals surface area contributed by atoms with Crippen LogP contribution in [0.3, 0.4) is 0 Å². The molecule has 1 aromatic rings. The quantitative estimate of drug-likeness (QED) is 0.799. The van der Waals surface area contributed by atoms with Gasteiger partial charge in [-0.15, -0.1) is 0 Å². The molecule has 0 saturated carbocycles. The second-order valence-electron chi connectivity index (χ2n) is 5.11. The Kier molecular flexibility index (Phi) is 5.06. The Morgan fingerprint density at radius 1 is 1.22 bits per heavy atom. The normalized spacial score (nSPS) is 21.8. The van der Waals surface area contributed by atoms with Crippen LogP contribution in [0.1, 0.15) is 63.0 Å². The van der Waals surface area contributed by atoms with E-state index in [1.807, 2.05) is 7.05 Å². The van der Waals surface area contributed by atoms with Crippen molar-refractivity contribution in [2.24, 2.45) is 0 Å². The zero-order chi connectivity index (χ0) is 12.8. The van der Waals surface area contributed by atoms with Crippen LogP contribution in [0, 0.1) is 0 Å². The molecule has 0 fully saturated rings. The van der Waals surface area contributed by atoms with Crippen molar-refractivity contribution in [3.63, 3.8) is 0 Å². The van der Waals surface area contributed by atoms with E-state index in [1.165, 1.54) is 44.1 Å². The Morgan fingerprint density at radius 3 is 2.78 bits per heavy atom. The van der Waals surface area contributed by atoms with Crippen molar-refractivity contribution in [1.82, 2.24) is 5.32 Å². The number of hydrogen-bond acceptors (Lipinski definition) is 2. The van der Waals surface area contributed by atoms with Gasteiger partial charge in [0.2, 0.25) is 0 Å². The fraction of sp³-hybridized carbons (Fsp3) is 0.625. The minimum Gasteiger partial charge on any atom is -0.464 e. The summed E-state index contributed by atoms with van der Waals surface area (Å²) < 4.78 is 5.91. The molecule has 0 spiro atoms. The molecular formula is C16H25NO. The lowest BCUT2D eigenvalue weighted by Gasteiger charge is -2.20. The first-order valence-corrected chi connectivity index (χ1v) is 7.30. The number of hydrogen-bond donors (Lipinski definition) is 1. The van der Waals surface area contributed by atoms with E-state index < -0.39 is 0 Å². The molecule has 1 aliphatic rings. The van der Waals surface area contributed by atoms with Gasteiger partial charge in [0.25, 0.3) is 0 Å². The second kappa shape index (κ2) is 6.79. The monoisotopic (exact) mass is 247 g/mol. The molecule has 1 aliphatic carbocycles. The number of nitrogens with one attached hydrogen (secondary N) is 1. The van der Waals surface area contributed by atoms with Crippen LogP contribution in [0.4, 0.5) is 0 Å². The molecule has 1 N–H and O–H groups in total. The Bertz CT molecular complexity index is 392. The summed E-state index contributed by atoms with van der Waals surface area (Å²) in [5.74, 6) is 2.15. The van der Waals surface area contributed by atoms with Gasteiger partial charge in [0.1, 0.15) is 11.5 Å². The predicted molar refractivity (Wildman–Crippen MR) is 75.7 cm³/mol. The van der Waals surface area contributed by atoms with Gasteiger partial charge in [0.05, 0.1) is 6.04 Å². The minimum atomic E-state index is 0.267. The summed E-state index contributed by atoms with van der Waals surface area (Å²) in [6.07, 6.45) is 11.2. The van der Waals surface area contributed by atoms with E-state index >= 15 is 0 Å². The molecule has 0 saturated heterocycles. The maximum Gasteiger partial charge on any atom is 0.125 e. The molecule has 1 aromatic heterocycles. The fourth-order valence-corrected chi connectivity index (χ4v) is 2.73. The first kappa shape index (κ1) is 13.4. The highest BCUT2D eigenvalue weighted by atomic mass is 16.3. The standard InChI is InChI=1S/C16H25NO/c1-3-14-11-12-15(18-14)16(17-2)13-9-7-5-4-6-8-10-13/h9,11-12,16-17H,3-8,10H2,1-2H3/b13-9+. The van der Waals surface area contributed by atoms with Gasteiger partial charge in [0, 0.05) is 6.42 Å². The average Bonchev–Trinajstić information content (AvgIpc) is 2.81. The molecule has 18 heavy (non-hydrogen) atoms. The van der Waals surface area contributed by atoms with Gasteiger partial charge in [-0.2, -0.15) is 0 Å². The van der Waals surface area contributed by atoms with Gasteiger partial charge >= 0.3 is 0 Å². The van der Waals surface area contributed by atoms with Gasteiger partial charge in [-0.1, -0.05) is 25.8 Å². The number of likely N-dealkylation sites (N-methyl/N-ethyl adjacent to an activating group) is 1. The molecule has 0 aromatic carbocycles. The predicted octanol–water partition coefficient (Wildman–Crippen LogP) is 4.38. The SMILES string of the molecule is CCc1ccc(C(NC)/C2=C/CCCCCC2)o1. The molecule has 2 rings (SSSR count). The maximum atomic E-state index is 5.91. The van der Waals surface area contributed by atoms with Crippen LogP contribution < -0.4 is 5.32 Å². The van der Waals surface area contributed by atoms with E-state index in [2.05, 4.69) is 30.4 Å². The van der Waals surface area contributed by atoms with Crippen LogP contribution >= 0.6 is 0 Å². The number of aryl methyl sites for hydroxylation is 1. The van der Waals surface area contributed by atoms with Crippen LogP contribution in [0.25, 0.3) is 0 Å². The lowest BCUT2D eigenvalue weighted by Crippen LogP contribution is -2.18.